The Kier molecular flexibility index (Phi) is 7.91. The maximum atomic E-state index is 10.1. The molecule has 1 aliphatic carbocycles. The Bertz CT molecular complexity index is 918. The molecular formula is C27H34O4. The lowest BCUT2D eigenvalue weighted by molar-refractivity contribution is -0.113. The Hall–Kier alpha value is -2.16. The molecule has 0 unspecified atom stereocenters. The van der Waals surface area contributed by atoms with Crippen LogP contribution in [-0.4, -0.2) is 39.7 Å². The van der Waals surface area contributed by atoms with Gasteiger partial charge in [0.2, 0.25) is 0 Å². The number of aliphatic hydroxyl groups excluding tert-OH is 2. The molecule has 0 amide bonds. The molecule has 4 nitrogen and oxygen atoms in total. The number of ether oxygens (including phenoxy) is 1. The van der Waals surface area contributed by atoms with Gasteiger partial charge in [-0.2, -0.15) is 0 Å². The Morgan fingerprint density at radius 1 is 1.06 bits per heavy atom. The molecule has 0 spiro atoms. The van der Waals surface area contributed by atoms with Crippen molar-refractivity contribution >= 4 is 0 Å². The molecule has 4 rings (SSSR count). The molecule has 1 heterocycles. The van der Waals surface area contributed by atoms with Gasteiger partial charge in [0.05, 0.1) is 24.9 Å². The molecule has 3 atom stereocenters. The fourth-order valence-electron chi connectivity index (χ4n) is 3.76. The van der Waals surface area contributed by atoms with Gasteiger partial charge in [0.25, 0.3) is 0 Å². The summed E-state index contributed by atoms with van der Waals surface area (Å²) in [4.78, 5) is 0. The molecule has 0 aromatic heterocycles. The van der Waals surface area contributed by atoms with E-state index in [2.05, 4.69) is 49.1 Å². The molecule has 0 radical (unpaired) electrons. The van der Waals surface area contributed by atoms with E-state index >= 15 is 0 Å². The quantitative estimate of drug-likeness (QED) is 0.650. The van der Waals surface area contributed by atoms with E-state index in [-0.39, 0.29) is 18.8 Å². The summed E-state index contributed by atoms with van der Waals surface area (Å²) >= 11 is 0. The van der Waals surface area contributed by atoms with Gasteiger partial charge in [0.1, 0.15) is 5.60 Å². The second kappa shape index (κ2) is 10.4. The van der Waals surface area contributed by atoms with Crippen LogP contribution in [0.3, 0.4) is 0 Å². The summed E-state index contributed by atoms with van der Waals surface area (Å²) in [7, 11) is 0. The van der Waals surface area contributed by atoms with E-state index < -0.39 is 11.7 Å². The third-order valence-corrected chi connectivity index (χ3v) is 5.84. The van der Waals surface area contributed by atoms with Crippen molar-refractivity contribution in [1.82, 2.24) is 0 Å². The average Bonchev–Trinajstić information content (AvgIpc) is 3.53. The van der Waals surface area contributed by atoms with E-state index in [4.69, 9.17) is 4.74 Å². The van der Waals surface area contributed by atoms with Gasteiger partial charge in [-0.3, -0.25) is 0 Å². The van der Waals surface area contributed by atoms with Crippen LogP contribution in [0.5, 0.6) is 0 Å². The van der Waals surface area contributed by atoms with Gasteiger partial charge in [-0.15, -0.1) is 0 Å². The van der Waals surface area contributed by atoms with Crippen molar-refractivity contribution in [3.63, 3.8) is 0 Å². The molecule has 2 fully saturated rings. The van der Waals surface area contributed by atoms with E-state index in [0.29, 0.717) is 12.8 Å². The van der Waals surface area contributed by atoms with Crippen molar-refractivity contribution in [1.29, 1.82) is 0 Å². The lowest BCUT2D eigenvalue weighted by Crippen LogP contribution is -2.33. The molecule has 31 heavy (non-hydrogen) atoms. The first-order valence-electron chi connectivity index (χ1n) is 11.3. The smallest absolute Gasteiger partial charge is 0.126 e. The van der Waals surface area contributed by atoms with Crippen LogP contribution in [0.4, 0.5) is 0 Å². The summed E-state index contributed by atoms with van der Waals surface area (Å²) in [5, 5.41) is 29.4. The summed E-state index contributed by atoms with van der Waals surface area (Å²) in [5.41, 5.74) is 4.84. The first kappa shape index (κ1) is 23.5. The van der Waals surface area contributed by atoms with Crippen molar-refractivity contribution in [3.05, 3.63) is 70.3 Å². The van der Waals surface area contributed by atoms with Crippen LogP contribution < -0.4 is 0 Å². The standard InChI is InChI=1S/C25H28O4.C2H6/c1-17-2-7-20(24-15-22(27)14-23(16-26)29-24)13-21(17)12-19-5-3-18(4-6-19)8-9-25(28)10-11-25;1-2/h2-7,13,22-24,26-28H,10-12,14-16H2,1H3;1-2H3/t22-,23-,24+;/m0./s1. The highest BCUT2D eigenvalue weighted by Crippen LogP contribution is 2.34. The number of rotatable bonds is 4. The van der Waals surface area contributed by atoms with Gasteiger partial charge in [0.15, 0.2) is 0 Å². The normalized spacial score (nSPS) is 23.7. The molecular weight excluding hydrogens is 388 g/mol. The highest BCUT2D eigenvalue weighted by atomic mass is 16.5. The molecule has 2 aliphatic rings. The summed E-state index contributed by atoms with van der Waals surface area (Å²) in [5.74, 6) is 5.99. The lowest BCUT2D eigenvalue weighted by Gasteiger charge is -2.32. The Labute approximate surface area is 185 Å². The van der Waals surface area contributed by atoms with E-state index in [1.807, 2.05) is 26.0 Å². The van der Waals surface area contributed by atoms with Crippen LogP contribution >= 0.6 is 0 Å². The Morgan fingerprint density at radius 2 is 1.77 bits per heavy atom. The maximum absolute atomic E-state index is 10.1. The van der Waals surface area contributed by atoms with Crippen LogP contribution in [-0.2, 0) is 11.2 Å². The van der Waals surface area contributed by atoms with Gasteiger partial charge in [-0.05, 0) is 60.6 Å². The minimum Gasteiger partial charge on any atom is -0.394 e. The molecule has 2 aromatic rings. The first-order valence-corrected chi connectivity index (χ1v) is 11.3. The Balaban J connectivity index is 0.00000132. The zero-order chi connectivity index (χ0) is 22.4. The molecule has 2 aromatic carbocycles. The molecule has 0 bridgehead atoms. The molecule has 1 saturated heterocycles. The van der Waals surface area contributed by atoms with Crippen molar-refractivity contribution in [2.45, 2.75) is 76.8 Å². The zero-order valence-electron chi connectivity index (χ0n) is 18.8. The third-order valence-electron chi connectivity index (χ3n) is 5.84. The van der Waals surface area contributed by atoms with Gasteiger partial charge in [-0.25, -0.2) is 0 Å². The molecule has 4 heteroatoms. The predicted molar refractivity (Wildman–Crippen MR) is 123 cm³/mol. The fourth-order valence-corrected chi connectivity index (χ4v) is 3.76. The average molecular weight is 423 g/mol. The minimum atomic E-state index is -0.750. The number of hydrogen-bond donors (Lipinski definition) is 3. The minimum absolute atomic E-state index is 0.0705. The fraction of sp³-hybridized carbons (Fsp3) is 0.481. The molecule has 1 saturated carbocycles. The van der Waals surface area contributed by atoms with Crippen molar-refractivity contribution in [2.75, 3.05) is 6.61 Å². The number of benzene rings is 2. The monoisotopic (exact) mass is 422 g/mol. The van der Waals surface area contributed by atoms with Crippen LogP contribution in [0.2, 0.25) is 0 Å². The number of aliphatic hydroxyl groups is 3. The third kappa shape index (κ3) is 6.41. The SMILES string of the molecule is CC.Cc1ccc([C@H]2C[C@@H](O)C[C@@H](CO)O2)cc1Cc1ccc(C#CC2(O)CC2)cc1. The van der Waals surface area contributed by atoms with E-state index in [1.54, 1.807) is 0 Å². The lowest BCUT2D eigenvalue weighted by atomic mass is 9.92. The largest absolute Gasteiger partial charge is 0.394 e. The van der Waals surface area contributed by atoms with Crippen molar-refractivity contribution in [3.8, 4) is 11.8 Å². The van der Waals surface area contributed by atoms with Gasteiger partial charge < -0.3 is 20.1 Å². The molecule has 1 aliphatic heterocycles. The van der Waals surface area contributed by atoms with Gasteiger partial charge in [0, 0.05) is 18.4 Å². The summed E-state index contributed by atoms with van der Waals surface area (Å²) in [6, 6.07) is 14.5. The second-order valence-corrected chi connectivity index (χ2v) is 8.40. The van der Waals surface area contributed by atoms with Crippen LogP contribution in [0.15, 0.2) is 42.5 Å². The maximum Gasteiger partial charge on any atom is 0.126 e. The van der Waals surface area contributed by atoms with Crippen molar-refractivity contribution in [2.24, 2.45) is 0 Å². The van der Waals surface area contributed by atoms with E-state index in [0.717, 1.165) is 30.4 Å². The highest BCUT2D eigenvalue weighted by Gasteiger charge is 2.38. The summed E-state index contributed by atoms with van der Waals surface area (Å²) in [6.45, 7) is 6.03. The topological polar surface area (TPSA) is 69.9 Å². The van der Waals surface area contributed by atoms with Gasteiger partial charge >= 0.3 is 0 Å². The zero-order valence-corrected chi connectivity index (χ0v) is 18.8. The van der Waals surface area contributed by atoms with E-state index in [9.17, 15) is 15.3 Å². The first-order chi connectivity index (χ1) is 14.9. The van der Waals surface area contributed by atoms with Crippen LogP contribution in [0.25, 0.3) is 0 Å². The Morgan fingerprint density at radius 3 is 2.42 bits per heavy atom. The molecule has 166 valence electrons. The summed E-state index contributed by atoms with van der Waals surface area (Å²) in [6.07, 6.45) is 2.44. The number of hydrogen-bond acceptors (Lipinski definition) is 4. The van der Waals surface area contributed by atoms with Gasteiger partial charge in [-0.1, -0.05) is 56.0 Å². The molecule has 3 N–H and O–H groups in total. The number of aryl methyl sites for hydroxylation is 1. The second-order valence-electron chi connectivity index (χ2n) is 8.40. The summed E-state index contributed by atoms with van der Waals surface area (Å²) < 4.78 is 5.97. The van der Waals surface area contributed by atoms with E-state index in [1.165, 1.54) is 16.7 Å². The predicted octanol–water partition coefficient (Wildman–Crippen LogP) is 4.06. The van der Waals surface area contributed by atoms with Crippen LogP contribution in [0.1, 0.15) is 73.5 Å². The van der Waals surface area contributed by atoms with Crippen molar-refractivity contribution < 1.29 is 20.1 Å². The highest BCUT2D eigenvalue weighted by molar-refractivity contribution is 5.42. The van der Waals surface area contributed by atoms with Crippen LogP contribution in [0, 0.1) is 18.8 Å².